The third kappa shape index (κ3) is 4.86. The summed E-state index contributed by atoms with van der Waals surface area (Å²) in [6, 6.07) is 0.245. The molecule has 0 bridgehead atoms. The lowest BCUT2D eigenvalue weighted by atomic mass is 9.89. The Hall–Kier alpha value is -0.0500. The Labute approximate surface area is 109 Å². The van der Waals surface area contributed by atoms with E-state index in [-0.39, 0.29) is 22.2 Å². The van der Waals surface area contributed by atoms with Gasteiger partial charge in [0.2, 0.25) is 5.91 Å². The molecule has 1 atom stereocenters. The number of nitrogens with one attached hydrogen (secondary N) is 1. The molecule has 0 saturated carbocycles. The lowest BCUT2D eigenvalue weighted by molar-refractivity contribution is -0.123. The molecule has 0 aliphatic rings. The van der Waals surface area contributed by atoms with Gasteiger partial charge in [0.1, 0.15) is 0 Å². The van der Waals surface area contributed by atoms with Crippen molar-refractivity contribution in [1.29, 1.82) is 0 Å². The number of carbonyl (C=O) groups excluding carboxylic acids is 1. The molecule has 0 spiro atoms. The van der Waals surface area contributed by atoms with E-state index in [9.17, 15) is 4.79 Å². The Morgan fingerprint density at radius 2 is 1.44 bits per heavy atom. The summed E-state index contributed by atoms with van der Waals surface area (Å²) < 4.78 is 0. The first-order valence-corrected chi connectivity index (χ1v) is 6.93. The standard InChI is InChI=1S/C13H26BrNO/c1-8(2)10(9(3)4)15-12(16)11(14)13(5,6)7/h8-11H,1-7H3,(H,15,16)/t11-/m1/s1. The normalized spacial score (nSPS) is 14.7. The van der Waals surface area contributed by atoms with E-state index >= 15 is 0 Å². The van der Waals surface area contributed by atoms with Gasteiger partial charge in [-0.3, -0.25) is 4.79 Å². The third-order valence-corrected chi connectivity index (χ3v) is 4.53. The van der Waals surface area contributed by atoms with Gasteiger partial charge in [0.05, 0.1) is 4.83 Å². The van der Waals surface area contributed by atoms with Crippen molar-refractivity contribution < 1.29 is 4.79 Å². The molecule has 0 aliphatic heterocycles. The smallest absolute Gasteiger partial charge is 0.234 e. The summed E-state index contributed by atoms with van der Waals surface area (Å²) in [5, 5.41) is 3.14. The van der Waals surface area contributed by atoms with Crippen molar-refractivity contribution in [2.24, 2.45) is 17.3 Å². The van der Waals surface area contributed by atoms with Gasteiger partial charge in [-0.2, -0.15) is 0 Å². The van der Waals surface area contributed by atoms with Crippen LogP contribution in [0.4, 0.5) is 0 Å². The molecule has 1 N–H and O–H groups in total. The van der Waals surface area contributed by atoms with Gasteiger partial charge in [0.25, 0.3) is 0 Å². The number of carbonyl (C=O) groups is 1. The van der Waals surface area contributed by atoms with Crippen LogP contribution in [0.25, 0.3) is 0 Å². The van der Waals surface area contributed by atoms with Crippen LogP contribution in [0.15, 0.2) is 0 Å². The molecule has 0 aromatic heterocycles. The Balaban J connectivity index is 4.54. The summed E-state index contributed by atoms with van der Waals surface area (Å²) in [6.45, 7) is 14.8. The Morgan fingerprint density at radius 3 is 1.69 bits per heavy atom. The van der Waals surface area contributed by atoms with Gasteiger partial charge in [-0.05, 0) is 17.3 Å². The minimum atomic E-state index is -0.139. The molecule has 0 unspecified atom stereocenters. The summed E-state index contributed by atoms with van der Waals surface area (Å²) in [7, 11) is 0. The van der Waals surface area contributed by atoms with Crippen molar-refractivity contribution in [3.63, 3.8) is 0 Å². The maximum atomic E-state index is 12.1. The molecule has 0 radical (unpaired) electrons. The first kappa shape index (κ1) is 16.0. The highest BCUT2D eigenvalue weighted by Gasteiger charge is 2.31. The topological polar surface area (TPSA) is 29.1 Å². The summed E-state index contributed by atoms with van der Waals surface area (Å²) in [5.74, 6) is 1.02. The van der Waals surface area contributed by atoms with Crippen LogP contribution in [0, 0.1) is 17.3 Å². The first-order valence-electron chi connectivity index (χ1n) is 6.01. The van der Waals surface area contributed by atoms with Crippen molar-refractivity contribution >= 4 is 21.8 Å². The van der Waals surface area contributed by atoms with Gasteiger partial charge in [-0.1, -0.05) is 64.4 Å². The zero-order valence-electron chi connectivity index (χ0n) is 11.6. The average molecular weight is 292 g/mol. The first-order chi connectivity index (χ1) is 7.07. The molecule has 0 heterocycles. The summed E-state index contributed by atoms with van der Waals surface area (Å²) in [6.07, 6.45) is 0. The van der Waals surface area contributed by atoms with Crippen molar-refractivity contribution in [2.75, 3.05) is 0 Å². The lowest BCUT2D eigenvalue weighted by Crippen LogP contribution is -2.47. The van der Waals surface area contributed by atoms with Gasteiger partial charge >= 0.3 is 0 Å². The summed E-state index contributed by atoms with van der Waals surface area (Å²) in [5.41, 5.74) is -0.0530. The van der Waals surface area contributed by atoms with E-state index in [1.54, 1.807) is 0 Å². The van der Waals surface area contributed by atoms with E-state index in [0.29, 0.717) is 11.8 Å². The highest BCUT2D eigenvalue weighted by Crippen LogP contribution is 2.26. The fraction of sp³-hybridized carbons (Fsp3) is 0.923. The van der Waals surface area contributed by atoms with Crippen LogP contribution in [0.1, 0.15) is 48.5 Å². The van der Waals surface area contributed by atoms with Crippen LogP contribution in [-0.2, 0) is 4.79 Å². The Bertz CT molecular complexity index is 223. The number of hydrogen-bond acceptors (Lipinski definition) is 1. The van der Waals surface area contributed by atoms with Crippen LogP contribution >= 0.6 is 15.9 Å². The van der Waals surface area contributed by atoms with Crippen molar-refractivity contribution in [1.82, 2.24) is 5.32 Å². The van der Waals surface area contributed by atoms with Gasteiger partial charge in [-0.15, -0.1) is 0 Å². The second-order valence-corrected chi connectivity index (χ2v) is 7.17. The van der Waals surface area contributed by atoms with E-state index in [2.05, 4.69) is 69.7 Å². The van der Waals surface area contributed by atoms with Crippen LogP contribution in [-0.4, -0.2) is 16.8 Å². The maximum Gasteiger partial charge on any atom is 0.234 e. The zero-order chi connectivity index (χ0) is 13.1. The molecule has 0 aliphatic carbocycles. The second kappa shape index (κ2) is 6.04. The number of alkyl halides is 1. The van der Waals surface area contributed by atoms with E-state index in [1.165, 1.54) is 0 Å². The number of halogens is 1. The quantitative estimate of drug-likeness (QED) is 0.788. The molecule has 2 nitrogen and oxygen atoms in total. The number of hydrogen-bond donors (Lipinski definition) is 1. The minimum Gasteiger partial charge on any atom is -0.352 e. The molecular formula is C13H26BrNO. The van der Waals surface area contributed by atoms with E-state index in [0.717, 1.165) is 0 Å². The predicted molar refractivity (Wildman–Crippen MR) is 73.8 cm³/mol. The number of rotatable bonds is 4. The summed E-state index contributed by atoms with van der Waals surface area (Å²) >= 11 is 3.48. The van der Waals surface area contributed by atoms with E-state index in [1.807, 2.05) is 0 Å². The van der Waals surface area contributed by atoms with Gasteiger partial charge in [0, 0.05) is 6.04 Å². The van der Waals surface area contributed by atoms with Crippen molar-refractivity contribution in [2.45, 2.75) is 59.3 Å². The molecule has 0 fully saturated rings. The van der Waals surface area contributed by atoms with Gasteiger partial charge in [0.15, 0.2) is 0 Å². The SMILES string of the molecule is CC(C)C(NC(=O)[C@@H](Br)C(C)(C)C)C(C)C. The lowest BCUT2D eigenvalue weighted by Gasteiger charge is -2.30. The van der Waals surface area contributed by atoms with Crippen LogP contribution in [0.5, 0.6) is 0 Å². The fourth-order valence-electron chi connectivity index (χ4n) is 1.73. The Morgan fingerprint density at radius 1 is 1.06 bits per heavy atom. The molecule has 1 amide bonds. The van der Waals surface area contributed by atoms with Crippen LogP contribution < -0.4 is 5.32 Å². The molecule has 96 valence electrons. The molecule has 0 saturated heterocycles. The predicted octanol–water partition coefficient (Wildman–Crippen LogP) is 3.59. The van der Waals surface area contributed by atoms with Crippen molar-refractivity contribution in [3.05, 3.63) is 0 Å². The maximum absolute atomic E-state index is 12.1. The van der Waals surface area contributed by atoms with E-state index in [4.69, 9.17) is 0 Å². The number of amides is 1. The third-order valence-electron chi connectivity index (χ3n) is 2.74. The highest BCUT2D eigenvalue weighted by atomic mass is 79.9. The molecule has 0 rings (SSSR count). The highest BCUT2D eigenvalue weighted by molar-refractivity contribution is 9.10. The molecule has 3 heteroatoms. The molecule has 16 heavy (non-hydrogen) atoms. The summed E-state index contributed by atoms with van der Waals surface area (Å²) in [4.78, 5) is 11.9. The van der Waals surface area contributed by atoms with Gasteiger partial charge in [-0.25, -0.2) is 0 Å². The molecule has 0 aromatic rings. The molecular weight excluding hydrogens is 266 g/mol. The second-order valence-electron chi connectivity index (χ2n) is 6.25. The van der Waals surface area contributed by atoms with Crippen LogP contribution in [0.2, 0.25) is 0 Å². The average Bonchev–Trinajstić information content (AvgIpc) is 2.09. The fourth-order valence-corrected chi connectivity index (χ4v) is 1.87. The largest absolute Gasteiger partial charge is 0.352 e. The van der Waals surface area contributed by atoms with Gasteiger partial charge < -0.3 is 5.32 Å². The van der Waals surface area contributed by atoms with E-state index < -0.39 is 0 Å². The zero-order valence-corrected chi connectivity index (χ0v) is 13.2. The van der Waals surface area contributed by atoms with Crippen molar-refractivity contribution in [3.8, 4) is 0 Å². The minimum absolute atomic E-state index is 0.0530. The monoisotopic (exact) mass is 291 g/mol. The Kier molecular flexibility index (Phi) is 6.02. The van der Waals surface area contributed by atoms with Crippen LogP contribution in [0.3, 0.4) is 0 Å². The molecule has 0 aromatic carbocycles.